The van der Waals surface area contributed by atoms with Crippen molar-refractivity contribution >= 4 is 0 Å². The van der Waals surface area contributed by atoms with E-state index in [2.05, 4.69) is 46.8 Å². The van der Waals surface area contributed by atoms with Gasteiger partial charge in [-0.05, 0) is 37.0 Å². The molecule has 0 rings (SSSR count). The van der Waals surface area contributed by atoms with Crippen LogP contribution in [0.15, 0.2) is 12.2 Å². The normalized spacial score (nSPS) is 15.9. The minimum Gasteiger partial charge on any atom is -0.0885 e. The Balaban J connectivity index is 3.51. The van der Waals surface area contributed by atoms with Crippen molar-refractivity contribution in [2.45, 2.75) is 73.1 Å². The molecular weight excluding hydrogens is 192 g/mol. The van der Waals surface area contributed by atoms with Gasteiger partial charge < -0.3 is 0 Å². The molecule has 16 heavy (non-hydrogen) atoms. The molecule has 0 aliphatic heterocycles. The van der Waals surface area contributed by atoms with Gasteiger partial charge in [-0.25, -0.2) is 0 Å². The summed E-state index contributed by atoms with van der Waals surface area (Å²) in [6, 6.07) is 0. The smallest absolute Gasteiger partial charge is 0.0322 e. The van der Waals surface area contributed by atoms with E-state index in [0.717, 1.165) is 17.8 Å². The van der Waals surface area contributed by atoms with Crippen molar-refractivity contribution in [3.05, 3.63) is 12.2 Å². The number of unbranched alkanes of at least 4 members (excludes halogenated alkanes) is 4. The van der Waals surface area contributed by atoms with Gasteiger partial charge in [-0.3, -0.25) is 0 Å². The zero-order valence-corrected chi connectivity index (χ0v) is 12.1. The largest absolute Gasteiger partial charge is 0.0885 e. The molecule has 0 aromatic carbocycles. The molecule has 0 saturated carbocycles. The van der Waals surface area contributed by atoms with Gasteiger partial charge in [-0.15, -0.1) is 0 Å². The van der Waals surface area contributed by atoms with E-state index >= 15 is 0 Å². The van der Waals surface area contributed by atoms with Crippen LogP contribution in [0, 0.1) is 17.8 Å². The zero-order chi connectivity index (χ0) is 12.4. The first kappa shape index (κ1) is 15.7. The maximum Gasteiger partial charge on any atom is -0.0322 e. The highest BCUT2D eigenvalue weighted by Crippen LogP contribution is 2.23. The maximum atomic E-state index is 2.40. The van der Waals surface area contributed by atoms with Crippen molar-refractivity contribution in [2.24, 2.45) is 17.8 Å². The first-order valence-electron chi connectivity index (χ1n) is 7.24. The molecule has 0 N–H and O–H groups in total. The van der Waals surface area contributed by atoms with Crippen molar-refractivity contribution in [3.63, 3.8) is 0 Å². The van der Waals surface area contributed by atoms with E-state index in [1.807, 2.05) is 0 Å². The fourth-order valence-corrected chi connectivity index (χ4v) is 1.99. The molecule has 0 heteroatoms. The summed E-state index contributed by atoms with van der Waals surface area (Å²) in [6.45, 7) is 11.7. The second-order valence-corrected chi connectivity index (χ2v) is 5.64. The molecule has 0 aliphatic rings. The van der Waals surface area contributed by atoms with Crippen LogP contribution in [0.1, 0.15) is 73.1 Å². The van der Waals surface area contributed by atoms with E-state index < -0.39 is 0 Å². The highest BCUT2D eigenvalue weighted by atomic mass is 14.2. The summed E-state index contributed by atoms with van der Waals surface area (Å²) in [5.41, 5.74) is 0. The predicted molar refractivity (Wildman–Crippen MR) is 75.7 cm³/mol. The summed E-state index contributed by atoms with van der Waals surface area (Å²) in [5.74, 6) is 2.48. The average molecular weight is 224 g/mol. The average Bonchev–Trinajstić information content (AvgIpc) is 2.26. The Morgan fingerprint density at radius 3 is 2.12 bits per heavy atom. The monoisotopic (exact) mass is 224 g/mol. The standard InChI is InChI=1S/C16H32/c1-6-7-8-9-10-11-12-13-15(4)16(5)14(2)3/h11-12,14-16H,6-10,13H2,1-5H3. The van der Waals surface area contributed by atoms with Crippen LogP contribution in [0.2, 0.25) is 0 Å². The molecule has 0 amide bonds. The molecule has 2 atom stereocenters. The summed E-state index contributed by atoms with van der Waals surface area (Å²) in [6.07, 6.45) is 12.8. The lowest BCUT2D eigenvalue weighted by Gasteiger charge is -2.22. The SMILES string of the molecule is CCCCCCC=CCC(C)C(C)C(C)C. The molecule has 0 saturated heterocycles. The van der Waals surface area contributed by atoms with Gasteiger partial charge in [0.2, 0.25) is 0 Å². The molecule has 0 bridgehead atoms. The van der Waals surface area contributed by atoms with Gasteiger partial charge in [-0.1, -0.05) is 66.0 Å². The summed E-state index contributed by atoms with van der Waals surface area (Å²) < 4.78 is 0. The highest BCUT2D eigenvalue weighted by Gasteiger charge is 2.13. The highest BCUT2D eigenvalue weighted by molar-refractivity contribution is 4.84. The van der Waals surface area contributed by atoms with Gasteiger partial charge in [0.25, 0.3) is 0 Å². The van der Waals surface area contributed by atoms with Crippen LogP contribution < -0.4 is 0 Å². The van der Waals surface area contributed by atoms with Gasteiger partial charge in [0.1, 0.15) is 0 Å². The van der Waals surface area contributed by atoms with Gasteiger partial charge >= 0.3 is 0 Å². The van der Waals surface area contributed by atoms with Crippen LogP contribution in [-0.4, -0.2) is 0 Å². The predicted octanol–water partition coefficient (Wildman–Crippen LogP) is 5.83. The molecule has 2 unspecified atom stereocenters. The fourth-order valence-electron chi connectivity index (χ4n) is 1.99. The van der Waals surface area contributed by atoms with Crippen LogP contribution in [0.4, 0.5) is 0 Å². The third-order valence-electron chi connectivity index (χ3n) is 3.85. The van der Waals surface area contributed by atoms with Gasteiger partial charge in [0.05, 0.1) is 0 Å². The summed E-state index contributed by atoms with van der Waals surface area (Å²) in [4.78, 5) is 0. The number of hydrogen-bond acceptors (Lipinski definition) is 0. The zero-order valence-electron chi connectivity index (χ0n) is 12.1. The quantitative estimate of drug-likeness (QED) is 0.341. The van der Waals surface area contributed by atoms with Gasteiger partial charge in [0, 0.05) is 0 Å². The molecule has 0 aliphatic carbocycles. The van der Waals surface area contributed by atoms with E-state index in [-0.39, 0.29) is 0 Å². The molecule has 0 aromatic rings. The molecule has 0 fully saturated rings. The summed E-state index contributed by atoms with van der Waals surface area (Å²) in [7, 11) is 0. The Morgan fingerprint density at radius 1 is 0.875 bits per heavy atom. The Bertz CT molecular complexity index is 167. The van der Waals surface area contributed by atoms with Crippen molar-refractivity contribution in [2.75, 3.05) is 0 Å². The van der Waals surface area contributed by atoms with Crippen LogP contribution in [0.25, 0.3) is 0 Å². The Kier molecular flexibility index (Phi) is 9.77. The Labute approximate surface area is 104 Å². The number of rotatable bonds is 9. The molecule has 0 spiro atoms. The minimum atomic E-state index is 0.813. The van der Waals surface area contributed by atoms with Gasteiger partial charge in [-0.2, -0.15) is 0 Å². The Hall–Kier alpha value is -0.260. The first-order chi connectivity index (χ1) is 7.59. The third kappa shape index (κ3) is 7.96. The van der Waals surface area contributed by atoms with Crippen LogP contribution in [-0.2, 0) is 0 Å². The van der Waals surface area contributed by atoms with E-state index in [0.29, 0.717) is 0 Å². The van der Waals surface area contributed by atoms with Crippen LogP contribution in [0.5, 0.6) is 0 Å². The number of allylic oxidation sites excluding steroid dienone is 2. The molecular formula is C16H32. The van der Waals surface area contributed by atoms with Crippen molar-refractivity contribution in [1.82, 2.24) is 0 Å². The van der Waals surface area contributed by atoms with Gasteiger partial charge in [0.15, 0.2) is 0 Å². The van der Waals surface area contributed by atoms with E-state index in [9.17, 15) is 0 Å². The molecule has 0 radical (unpaired) electrons. The second kappa shape index (κ2) is 9.93. The molecule has 0 nitrogen and oxygen atoms in total. The lowest BCUT2D eigenvalue weighted by molar-refractivity contribution is 0.298. The van der Waals surface area contributed by atoms with Crippen molar-refractivity contribution in [3.8, 4) is 0 Å². The molecule has 96 valence electrons. The topological polar surface area (TPSA) is 0 Å². The first-order valence-corrected chi connectivity index (χ1v) is 7.24. The summed E-state index contributed by atoms with van der Waals surface area (Å²) >= 11 is 0. The molecule has 0 aromatic heterocycles. The molecule has 0 heterocycles. The third-order valence-corrected chi connectivity index (χ3v) is 3.85. The van der Waals surface area contributed by atoms with E-state index in [4.69, 9.17) is 0 Å². The fraction of sp³-hybridized carbons (Fsp3) is 0.875. The van der Waals surface area contributed by atoms with E-state index in [1.54, 1.807) is 0 Å². The maximum absolute atomic E-state index is 2.40. The van der Waals surface area contributed by atoms with E-state index in [1.165, 1.54) is 38.5 Å². The van der Waals surface area contributed by atoms with Crippen LogP contribution >= 0.6 is 0 Å². The lowest BCUT2D eigenvalue weighted by atomic mass is 9.84. The Morgan fingerprint density at radius 2 is 1.56 bits per heavy atom. The summed E-state index contributed by atoms with van der Waals surface area (Å²) in [5, 5.41) is 0. The van der Waals surface area contributed by atoms with Crippen molar-refractivity contribution < 1.29 is 0 Å². The lowest BCUT2D eigenvalue weighted by Crippen LogP contribution is -2.13. The second-order valence-electron chi connectivity index (χ2n) is 5.64. The van der Waals surface area contributed by atoms with Crippen molar-refractivity contribution in [1.29, 1.82) is 0 Å². The van der Waals surface area contributed by atoms with Crippen LogP contribution in [0.3, 0.4) is 0 Å². The minimum absolute atomic E-state index is 0.813. The number of hydrogen-bond donors (Lipinski definition) is 0.